The standard InChI is InChI=1S/C3H7BN/c1-3(4)5-2/h5H,1-2H3. The number of hydrogen-bond acceptors (Lipinski definition) is 1. The SMILES string of the molecule is [B]=C(C)NC. The Labute approximate surface area is 33.5 Å². The van der Waals surface area contributed by atoms with E-state index >= 15 is 0 Å². The summed E-state index contributed by atoms with van der Waals surface area (Å²) in [6.07, 6.45) is 0. The van der Waals surface area contributed by atoms with Crippen LogP contribution in [0.25, 0.3) is 0 Å². The molecule has 1 radical (unpaired) electrons. The Bertz CT molecular complexity index is 42.2. The van der Waals surface area contributed by atoms with Crippen molar-refractivity contribution in [2.75, 3.05) is 7.05 Å². The molecule has 0 aliphatic carbocycles. The molecule has 0 aromatic carbocycles. The van der Waals surface area contributed by atoms with E-state index < -0.39 is 0 Å². The van der Waals surface area contributed by atoms with Gasteiger partial charge in [-0.15, -0.1) is 0 Å². The number of hydrogen-bond donors (Lipinski definition) is 1. The third-order valence-corrected chi connectivity index (χ3v) is 0.394. The van der Waals surface area contributed by atoms with Gasteiger partial charge in [-0.2, -0.15) is 0 Å². The molecule has 0 atom stereocenters. The molecule has 27 valence electrons. The summed E-state index contributed by atoms with van der Waals surface area (Å²) >= 11 is 0. The minimum absolute atomic E-state index is 0.755. The summed E-state index contributed by atoms with van der Waals surface area (Å²) in [6.45, 7) is 1.81. The van der Waals surface area contributed by atoms with Crippen molar-refractivity contribution in [3.8, 4) is 0 Å². The fourth-order valence-electron chi connectivity index (χ4n) is 0. The van der Waals surface area contributed by atoms with E-state index in [4.69, 9.17) is 7.49 Å². The third-order valence-electron chi connectivity index (χ3n) is 0.394. The molecule has 1 N–H and O–H groups in total. The molecule has 5 heavy (non-hydrogen) atoms. The maximum atomic E-state index is 5.10. The van der Waals surface area contributed by atoms with Crippen LogP contribution in [-0.4, -0.2) is 20.1 Å². The quantitative estimate of drug-likeness (QED) is 0.409. The molecule has 0 saturated heterocycles. The van der Waals surface area contributed by atoms with E-state index in [0.717, 1.165) is 5.59 Å². The van der Waals surface area contributed by atoms with E-state index in [0.29, 0.717) is 0 Å². The van der Waals surface area contributed by atoms with Gasteiger partial charge >= 0.3 is 32.4 Å². The summed E-state index contributed by atoms with van der Waals surface area (Å²) in [4.78, 5) is 0. The van der Waals surface area contributed by atoms with Gasteiger partial charge in [0.15, 0.2) is 0 Å². The maximum absolute atomic E-state index is 5.10. The first-order chi connectivity index (χ1) is 2.27. The van der Waals surface area contributed by atoms with Crippen LogP contribution in [0.1, 0.15) is 6.92 Å². The number of rotatable bonds is 1. The van der Waals surface area contributed by atoms with Gasteiger partial charge in [-0.25, -0.2) is 0 Å². The molecule has 0 saturated carbocycles. The fraction of sp³-hybridized carbons (Fsp3) is 0.667. The van der Waals surface area contributed by atoms with E-state index in [1.165, 1.54) is 0 Å². The molecule has 0 spiro atoms. The molecule has 0 aliphatic rings. The van der Waals surface area contributed by atoms with E-state index in [9.17, 15) is 0 Å². The molecular weight excluding hydrogens is 60.9 g/mol. The minimum atomic E-state index is 0.755. The first-order valence-corrected chi connectivity index (χ1v) is 1.54. The van der Waals surface area contributed by atoms with Crippen molar-refractivity contribution in [1.29, 1.82) is 0 Å². The van der Waals surface area contributed by atoms with Gasteiger partial charge in [-0.05, 0) is 0 Å². The second kappa shape index (κ2) is 2.00. The zero-order valence-electron chi connectivity index (χ0n) is 3.58. The van der Waals surface area contributed by atoms with E-state index in [2.05, 4.69) is 5.32 Å². The van der Waals surface area contributed by atoms with Crippen molar-refractivity contribution in [2.45, 2.75) is 6.92 Å². The fourth-order valence-corrected chi connectivity index (χ4v) is 0. The summed E-state index contributed by atoms with van der Waals surface area (Å²) in [5, 5.41) is 2.72. The zero-order chi connectivity index (χ0) is 4.28. The Morgan fingerprint density at radius 2 is 2.00 bits per heavy atom. The molecule has 0 aromatic heterocycles. The van der Waals surface area contributed by atoms with Gasteiger partial charge in [0.05, 0.1) is 0 Å². The second-order valence-corrected chi connectivity index (χ2v) is 0.933. The topological polar surface area (TPSA) is 12.0 Å². The van der Waals surface area contributed by atoms with Crippen molar-refractivity contribution < 1.29 is 0 Å². The van der Waals surface area contributed by atoms with Crippen molar-refractivity contribution in [3.63, 3.8) is 0 Å². The molecule has 0 fully saturated rings. The van der Waals surface area contributed by atoms with Gasteiger partial charge < -0.3 is 0 Å². The Morgan fingerprint density at radius 1 is 1.80 bits per heavy atom. The summed E-state index contributed by atoms with van der Waals surface area (Å²) < 4.78 is 0. The van der Waals surface area contributed by atoms with Crippen LogP contribution in [0, 0.1) is 0 Å². The molecular formula is C3H7BN. The zero-order valence-corrected chi connectivity index (χ0v) is 3.58. The molecule has 0 unspecified atom stereocenters. The van der Waals surface area contributed by atoms with Crippen molar-refractivity contribution in [1.82, 2.24) is 5.32 Å². The third kappa shape index (κ3) is 3.73. The Hall–Kier alpha value is -0.265. The van der Waals surface area contributed by atoms with Crippen LogP contribution in [0.3, 0.4) is 0 Å². The molecule has 2 heteroatoms. The van der Waals surface area contributed by atoms with E-state index in [-0.39, 0.29) is 0 Å². The van der Waals surface area contributed by atoms with Crippen LogP contribution in [0.5, 0.6) is 0 Å². The molecule has 0 rings (SSSR count). The van der Waals surface area contributed by atoms with E-state index in [1.54, 1.807) is 14.0 Å². The predicted octanol–water partition coefficient (Wildman–Crippen LogP) is -0.476. The molecule has 0 amide bonds. The Kier molecular flexibility index (Phi) is 1.90. The molecule has 1 nitrogen and oxygen atoms in total. The van der Waals surface area contributed by atoms with Crippen LogP contribution in [-0.2, 0) is 0 Å². The van der Waals surface area contributed by atoms with Crippen LogP contribution in [0.15, 0.2) is 0 Å². The van der Waals surface area contributed by atoms with Gasteiger partial charge in [-0.3, -0.25) is 0 Å². The summed E-state index contributed by atoms with van der Waals surface area (Å²) in [5.41, 5.74) is 0.755. The summed E-state index contributed by atoms with van der Waals surface area (Å²) in [6, 6.07) is 0. The second-order valence-electron chi connectivity index (χ2n) is 0.933. The first-order valence-electron chi connectivity index (χ1n) is 1.54. The van der Waals surface area contributed by atoms with Gasteiger partial charge in [-0.1, -0.05) is 0 Å². The van der Waals surface area contributed by atoms with Crippen LogP contribution < -0.4 is 5.32 Å². The average Bonchev–Trinajstić information content (AvgIpc) is 1.38. The van der Waals surface area contributed by atoms with E-state index in [1.807, 2.05) is 0 Å². The molecule has 0 bridgehead atoms. The molecule has 0 aliphatic heterocycles. The van der Waals surface area contributed by atoms with Gasteiger partial charge in [0.2, 0.25) is 0 Å². The van der Waals surface area contributed by atoms with Gasteiger partial charge in [0, 0.05) is 0 Å². The van der Waals surface area contributed by atoms with Crippen molar-refractivity contribution in [2.24, 2.45) is 0 Å². The number of nitrogens with one attached hydrogen (secondary N) is 1. The summed E-state index contributed by atoms with van der Waals surface area (Å²) in [7, 11) is 6.88. The van der Waals surface area contributed by atoms with Crippen molar-refractivity contribution >= 4 is 13.1 Å². The monoisotopic (exact) mass is 68.1 g/mol. The van der Waals surface area contributed by atoms with Crippen LogP contribution >= 0.6 is 0 Å². The van der Waals surface area contributed by atoms with Gasteiger partial charge in [0.1, 0.15) is 0 Å². The first kappa shape index (κ1) is 4.73. The molecule has 0 aromatic rings. The Morgan fingerprint density at radius 3 is 2.00 bits per heavy atom. The summed E-state index contributed by atoms with van der Waals surface area (Å²) in [5.74, 6) is 0. The van der Waals surface area contributed by atoms with Gasteiger partial charge in [0.25, 0.3) is 0 Å². The predicted molar refractivity (Wildman–Crippen MR) is 25.5 cm³/mol. The van der Waals surface area contributed by atoms with Crippen LogP contribution in [0.2, 0.25) is 0 Å². The molecule has 0 heterocycles. The Balaban J connectivity index is 2.85. The average molecular weight is 67.9 g/mol. The normalized spacial score (nSPS) is 6.60. The van der Waals surface area contributed by atoms with Crippen molar-refractivity contribution in [3.05, 3.63) is 0 Å². The van der Waals surface area contributed by atoms with Crippen LogP contribution in [0.4, 0.5) is 0 Å².